The van der Waals surface area contributed by atoms with Crippen molar-refractivity contribution in [3.8, 4) is 0 Å². The first kappa shape index (κ1) is 24.3. The summed E-state index contributed by atoms with van der Waals surface area (Å²) in [5.74, 6) is 0. The molecule has 3 aromatic rings. The van der Waals surface area contributed by atoms with Crippen molar-refractivity contribution in [3.63, 3.8) is 0 Å². The Morgan fingerprint density at radius 1 is 0.667 bits per heavy atom. The highest BCUT2D eigenvalue weighted by Gasteiger charge is 2.46. The van der Waals surface area contributed by atoms with E-state index >= 15 is 0 Å². The number of hydrogen-bond acceptors (Lipinski definition) is 5. The zero-order valence-corrected chi connectivity index (χ0v) is 20.5. The van der Waals surface area contributed by atoms with Gasteiger partial charge in [-0.05, 0) is 16.7 Å². The number of hydrogen-bond donors (Lipinski definition) is 1. The molecule has 1 unspecified atom stereocenters. The van der Waals surface area contributed by atoms with Gasteiger partial charge in [0, 0.05) is 0 Å². The van der Waals surface area contributed by atoms with Gasteiger partial charge in [-0.2, -0.15) is 0 Å². The number of ether oxygens (including phenoxy) is 4. The van der Waals surface area contributed by atoms with E-state index in [-0.39, 0.29) is 10.0 Å². The highest BCUT2D eigenvalue weighted by Crippen LogP contribution is 2.31. The van der Waals surface area contributed by atoms with Gasteiger partial charge in [0.25, 0.3) is 0 Å². The summed E-state index contributed by atoms with van der Waals surface area (Å²) in [5.41, 5.74) is 3.22. The molecule has 0 spiro atoms. The molecule has 0 amide bonds. The molecule has 4 rings (SSSR count). The lowest BCUT2D eigenvalue weighted by Crippen LogP contribution is -2.58. The van der Waals surface area contributed by atoms with Crippen molar-refractivity contribution in [2.24, 2.45) is 0 Å². The van der Waals surface area contributed by atoms with Crippen LogP contribution in [0.5, 0.6) is 0 Å². The lowest BCUT2D eigenvalue weighted by atomic mass is 10.0. The maximum atomic E-state index is 10.6. The molecule has 1 fully saturated rings. The van der Waals surface area contributed by atoms with Crippen molar-refractivity contribution in [2.75, 3.05) is 6.61 Å². The molecule has 5 nitrogen and oxygen atoms in total. The molecule has 3 aromatic carbocycles. The molecular weight excluding hydrogens is 531 g/mol. The van der Waals surface area contributed by atoms with Gasteiger partial charge in [-0.15, -0.1) is 0 Å². The van der Waals surface area contributed by atoms with Crippen LogP contribution in [0.25, 0.3) is 0 Å². The number of benzene rings is 3. The van der Waals surface area contributed by atoms with Gasteiger partial charge < -0.3 is 24.1 Å². The van der Waals surface area contributed by atoms with Crippen LogP contribution in [-0.4, -0.2) is 40.2 Å². The largest absolute Gasteiger partial charge is 0.374 e. The van der Waals surface area contributed by atoms with Crippen LogP contribution in [0, 0.1) is 0 Å². The molecule has 174 valence electrons. The smallest absolute Gasteiger partial charge is 0.169 e. The van der Waals surface area contributed by atoms with Crippen LogP contribution < -0.4 is 0 Å². The number of aliphatic hydroxyl groups excluding tert-OH is 1. The molecule has 1 aliphatic rings. The third kappa shape index (κ3) is 7.09. The number of halogens is 1. The Labute approximate surface area is 208 Å². The summed E-state index contributed by atoms with van der Waals surface area (Å²) in [5, 5.41) is 10.6. The highest BCUT2D eigenvalue weighted by molar-refractivity contribution is 14.1. The first-order valence-electron chi connectivity index (χ1n) is 11.1. The summed E-state index contributed by atoms with van der Waals surface area (Å²) in [6.45, 7) is 1.61. The molecule has 6 heteroatoms. The standard InChI is InChI=1S/C27H29IO5/c28-24-26(32-18-22-14-8-3-9-15-22)25(31-17-21-12-6-2-7-13-21)23(33-27(24)29)19-30-16-20-10-4-1-5-11-20/h1-15,23-27,29H,16-19H2/t23-,24+,25-,26-,27?/m1/s1. The van der Waals surface area contributed by atoms with Gasteiger partial charge in [-0.1, -0.05) is 114 Å². The van der Waals surface area contributed by atoms with Crippen LogP contribution in [0.15, 0.2) is 91.0 Å². The molecule has 0 aliphatic carbocycles. The number of aliphatic hydroxyl groups is 1. The van der Waals surface area contributed by atoms with E-state index in [9.17, 15) is 5.11 Å². The van der Waals surface area contributed by atoms with Gasteiger partial charge in [-0.25, -0.2) is 0 Å². The van der Waals surface area contributed by atoms with Crippen molar-refractivity contribution in [2.45, 2.75) is 48.3 Å². The monoisotopic (exact) mass is 560 g/mol. The predicted octanol–water partition coefficient (Wildman–Crippen LogP) is 4.89. The maximum absolute atomic E-state index is 10.6. The fourth-order valence-corrected chi connectivity index (χ4v) is 4.60. The van der Waals surface area contributed by atoms with Crippen LogP contribution in [0.1, 0.15) is 16.7 Å². The van der Waals surface area contributed by atoms with E-state index in [0.717, 1.165) is 16.7 Å². The number of rotatable bonds is 10. The van der Waals surface area contributed by atoms with Crippen LogP contribution in [0.3, 0.4) is 0 Å². The molecule has 0 saturated carbocycles. The van der Waals surface area contributed by atoms with Crippen molar-refractivity contribution in [1.29, 1.82) is 0 Å². The van der Waals surface area contributed by atoms with E-state index in [1.54, 1.807) is 0 Å². The molecule has 1 N–H and O–H groups in total. The zero-order valence-electron chi connectivity index (χ0n) is 18.3. The molecule has 0 aromatic heterocycles. The van der Waals surface area contributed by atoms with Crippen molar-refractivity contribution in [1.82, 2.24) is 0 Å². The molecular formula is C27H29IO5. The minimum atomic E-state index is -0.965. The Bertz CT molecular complexity index is 941. The average Bonchev–Trinajstić information content (AvgIpc) is 2.86. The van der Waals surface area contributed by atoms with E-state index in [1.807, 2.05) is 91.0 Å². The minimum absolute atomic E-state index is 0.280. The topological polar surface area (TPSA) is 57.2 Å². The molecule has 1 heterocycles. The van der Waals surface area contributed by atoms with Gasteiger partial charge in [0.05, 0.1) is 30.4 Å². The van der Waals surface area contributed by atoms with E-state index < -0.39 is 18.5 Å². The SMILES string of the molecule is OC1O[C@H](COCc2ccccc2)[C@@H](OCc2ccccc2)[C@H](OCc2ccccc2)[C@@H]1I. The quantitative estimate of drug-likeness (QED) is 0.283. The summed E-state index contributed by atoms with van der Waals surface area (Å²) in [4.78, 5) is 0. The Morgan fingerprint density at radius 3 is 1.64 bits per heavy atom. The van der Waals surface area contributed by atoms with Crippen LogP contribution in [0.2, 0.25) is 0 Å². The minimum Gasteiger partial charge on any atom is -0.374 e. The molecule has 0 radical (unpaired) electrons. The average molecular weight is 560 g/mol. The Balaban J connectivity index is 1.46. The van der Waals surface area contributed by atoms with E-state index in [1.165, 1.54) is 0 Å². The maximum Gasteiger partial charge on any atom is 0.169 e. The molecule has 33 heavy (non-hydrogen) atoms. The van der Waals surface area contributed by atoms with Gasteiger partial charge >= 0.3 is 0 Å². The highest BCUT2D eigenvalue weighted by atomic mass is 127. The van der Waals surface area contributed by atoms with E-state index in [2.05, 4.69) is 22.6 Å². The van der Waals surface area contributed by atoms with E-state index in [0.29, 0.717) is 26.4 Å². The van der Waals surface area contributed by atoms with E-state index in [4.69, 9.17) is 18.9 Å². The molecule has 5 atom stereocenters. The van der Waals surface area contributed by atoms with Gasteiger partial charge in [-0.3, -0.25) is 0 Å². The fourth-order valence-electron chi connectivity index (χ4n) is 3.81. The van der Waals surface area contributed by atoms with Crippen LogP contribution in [0.4, 0.5) is 0 Å². The second kappa shape index (κ2) is 12.6. The Kier molecular flexibility index (Phi) is 9.28. The second-order valence-electron chi connectivity index (χ2n) is 8.03. The summed E-state index contributed by atoms with van der Waals surface area (Å²) in [7, 11) is 0. The summed E-state index contributed by atoms with van der Waals surface area (Å²) < 4.78 is 24.3. The molecule has 1 saturated heterocycles. The summed E-state index contributed by atoms with van der Waals surface area (Å²) in [6.07, 6.45) is -2.17. The van der Waals surface area contributed by atoms with Gasteiger partial charge in [0.15, 0.2) is 6.29 Å². The van der Waals surface area contributed by atoms with Crippen molar-refractivity contribution >= 4 is 22.6 Å². The first-order chi connectivity index (χ1) is 16.2. The second-order valence-corrected chi connectivity index (χ2v) is 9.47. The predicted molar refractivity (Wildman–Crippen MR) is 135 cm³/mol. The number of alkyl halides is 1. The van der Waals surface area contributed by atoms with Gasteiger partial charge in [0.2, 0.25) is 0 Å². The Hall–Kier alpha value is -1.81. The van der Waals surface area contributed by atoms with Gasteiger partial charge in [0.1, 0.15) is 18.3 Å². The fraction of sp³-hybridized carbons (Fsp3) is 0.333. The molecule has 1 aliphatic heterocycles. The summed E-state index contributed by atoms with van der Waals surface area (Å²) in [6, 6.07) is 30.0. The van der Waals surface area contributed by atoms with Crippen LogP contribution in [-0.2, 0) is 38.8 Å². The lowest BCUT2D eigenvalue weighted by Gasteiger charge is -2.42. The summed E-state index contributed by atoms with van der Waals surface area (Å²) >= 11 is 2.19. The molecule has 0 bridgehead atoms. The first-order valence-corrected chi connectivity index (χ1v) is 12.4. The Morgan fingerprint density at radius 2 is 1.12 bits per heavy atom. The third-order valence-electron chi connectivity index (χ3n) is 5.55. The lowest BCUT2D eigenvalue weighted by molar-refractivity contribution is -0.258. The normalized spacial score (nSPS) is 25.1. The third-order valence-corrected chi connectivity index (χ3v) is 6.88. The zero-order chi connectivity index (χ0) is 22.9. The van der Waals surface area contributed by atoms with Crippen LogP contribution >= 0.6 is 22.6 Å². The van der Waals surface area contributed by atoms with Crippen molar-refractivity contribution in [3.05, 3.63) is 108 Å². The van der Waals surface area contributed by atoms with Crippen molar-refractivity contribution < 1.29 is 24.1 Å².